The first-order valence-corrected chi connectivity index (χ1v) is 8.74. The van der Waals surface area contributed by atoms with Gasteiger partial charge in [-0.1, -0.05) is 37.3 Å². The lowest BCUT2D eigenvalue weighted by Crippen LogP contribution is -2.41. The SMILES string of the molecule is C[C@H]1CC(c2ccccc2)=NN(CC(=O)Nc2ccc3c(c2)OCO3)C1=O. The third-order valence-electron chi connectivity index (χ3n) is 4.47. The molecule has 0 fully saturated rings. The van der Waals surface area contributed by atoms with Crippen molar-refractivity contribution in [1.29, 1.82) is 0 Å². The van der Waals surface area contributed by atoms with Crippen LogP contribution in [0, 0.1) is 5.92 Å². The van der Waals surface area contributed by atoms with Crippen LogP contribution in [0.2, 0.25) is 0 Å². The van der Waals surface area contributed by atoms with Crippen molar-refractivity contribution >= 4 is 23.2 Å². The molecule has 4 rings (SSSR count). The average Bonchev–Trinajstić information content (AvgIpc) is 3.13. The molecule has 2 amide bonds. The monoisotopic (exact) mass is 365 g/mol. The molecular weight excluding hydrogens is 346 g/mol. The second-order valence-electron chi connectivity index (χ2n) is 6.53. The maximum Gasteiger partial charge on any atom is 0.246 e. The van der Waals surface area contributed by atoms with Crippen molar-refractivity contribution in [3.8, 4) is 11.5 Å². The van der Waals surface area contributed by atoms with Crippen LogP contribution in [0.1, 0.15) is 18.9 Å². The van der Waals surface area contributed by atoms with E-state index >= 15 is 0 Å². The minimum absolute atomic E-state index is 0.145. The van der Waals surface area contributed by atoms with Gasteiger partial charge in [0, 0.05) is 24.1 Å². The third-order valence-corrected chi connectivity index (χ3v) is 4.47. The molecule has 2 aliphatic heterocycles. The number of fused-ring (bicyclic) bond motifs is 1. The molecular formula is C20H19N3O4. The van der Waals surface area contributed by atoms with Crippen molar-refractivity contribution in [2.75, 3.05) is 18.7 Å². The van der Waals surface area contributed by atoms with Crippen LogP contribution in [0.5, 0.6) is 11.5 Å². The van der Waals surface area contributed by atoms with E-state index in [0.717, 1.165) is 11.3 Å². The van der Waals surface area contributed by atoms with Crippen LogP contribution >= 0.6 is 0 Å². The average molecular weight is 365 g/mol. The third kappa shape index (κ3) is 3.62. The fourth-order valence-corrected chi connectivity index (χ4v) is 3.10. The fourth-order valence-electron chi connectivity index (χ4n) is 3.10. The van der Waals surface area contributed by atoms with Gasteiger partial charge in [0.15, 0.2) is 11.5 Å². The Bertz CT molecular complexity index is 911. The van der Waals surface area contributed by atoms with Crippen LogP contribution in [0.15, 0.2) is 53.6 Å². The number of anilines is 1. The molecule has 27 heavy (non-hydrogen) atoms. The van der Waals surface area contributed by atoms with Crippen LogP contribution in [-0.4, -0.2) is 35.9 Å². The Morgan fingerprint density at radius 3 is 2.78 bits per heavy atom. The Morgan fingerprint density at radius 2 is 1.96 bits per heavy atom. The van der Waals surface area contributed by atoms with Crippen LogP contribution in [0.25, 0.3) is 0 Å². The molecule has 2 aliphatic rings. The van der Waals surface area contributed by atoms with Gasteiger partial charge in [-0.2, -0.15) is 5.10 Å². The summed E-state index contributed by atoms with van der Waals surface area (Å²) in [5.74, 6) is 0.518. The number of nitrogens with zero attached hydrogens (tertiary/aromatic N) is 2. The second-order valence-corrected chi connectivity index (χ2v) is 6.53. The lowest BCUT2D eigenvalue weighted by atomic mass is 9.96. The normalized spacial score (nSPS) is 18.3. The number of nitrogens with one attached hydrogen (secondary N) is 1. The van der Waals surface area contributed by atoms with Crippen molar-refractivity contribution in [3.05, 3.63) is 54.1 Å². The van der Waals surface area contributed by atoms with Gasteiger partial charge in [0.2, 0.25) is 18.6 Å². The molecule has 1 atom stereocenters. The zero-order valence-corrected chi connectivity index (χ0v) is 14.8. The number of ether oxygens (including phenoxy) is 2. The number of hydrogen-bond donors (Lipinski definition) is 1. The maximum atomic E-state index is 12.4. The number of benzene rings is 2. The van der Waals surface area contributed by atoms with E-state index in [1.54, 1.807) is 18.2 Å². The maximum absolute atomic E-state index is 12.4. The van der Waals surface area contributed by atoms with Crippen molar-refractivity contribution < 1.29 is 19.1 Å². The van der Waals surface area contributed by atoms with Gasteiger partial charge in [-0.05, 0) is 17.7 Å². The van der Waals surface area contributed by atoms with Gasteiger partial charge in [-0.3, -0.25) is 9.59 Å². The fraction of sp³-hybridized carbons (Fsp3) is 0.250. The van der Waals surface area contributed by atoms with E-state index in [1.807, 2.05) is 37.3 Å². The molecule has 0 saturated heterocycles. The molecule has 138 valence electrons. The van der Waals surface area contributed by atoms with Crippen LogP contribution in [0.3, 0.4) is 0 Å². The van der Waals surface area contributed by atoms with E-state index in [0.29, 0.717) is 23.6 Å². The summed E-state index contributed by atoms with van der Waals surface area (Å²) >= 11 is 0. The summed E-state index contributed by atoms with van der Waals surface area (Å²) in [6, 6.07) is 14.8. The Kier molecular flexibility index (Phi) is 4.50. The highest BCUT2D eigenvalue weighted by atomic mass is 16.7. The topological polar surface area (TPSA) is 80.2 Å². The zero-order chi connectivity index (χ0) is 18.8. The highest BCUT2D eigenvalue weighted by molar-refractivity contribution is 6.05. The molecule has 7 heteroatoms. The quantitative estimate of drug-likeness (QED) is 0.903. The van der Waals surface area contributed by atoms with E-state index in [2.05, 4.69) is 10.4 Å². The van der Waals surface area contributed by atoms with E-state index < -0.39 is 0 Å². The second kappa shape index (κ2) is 7.11. The van der Waals surface area contributed by atoms with Crippen molar-refractivity contribution in [2.24, 2.45) is 11.0 Å². The molecule has 7 nitrogen and oxygen atoms in total. The summed E-state index contributed by atoms with van der Waals surface area (Å²) in [6.45, 7) is 1.88. The molecule has 2 aromatic carbocycles. The van der Waals surface area contributed by atoms with E-state index in [1.165, 1.54) is 5.01 Å². The molecule has 0 spiro atoms. The van der Waals surface area contributed by atoms with E-state index in [-0.39, 0.29) is 31.1 Å². The number of rotatable bonds is 4. The van der Waals surface area contributed by atoms with E-state index in [4.69, 9.17) is 9.47 Å². The molecule has 0 aromatic heterocycles. The summed E-state index contributed by atoms with van der Waals surface area (Å²) < 4.78 is 10.6. The van der Waals surface area contributed by atoms with Crippen molar-refractivity contribution in [3.63, 3.8) is 0 Å². The molecule has 0 bridgehead atoms. The number of hydrogen-bond acceptors (Lipinski definition) is 5. The van der Waals surface area contributed by atoms with Gasteiger partial charge in [0.25, 0.3) is 0 Å². The predicted octanol–water partition coefficient (Wildman–Crippen LogP) is 2.63. The smallest absolute Gasteiger partial charge is 0.246 e. The van der Waals surface area contributed by atoms with Crippen LogP contribution in [-0.2, 0) is 9.59 Å². The van der Waals surface area contributed by atoms with Gasteiger partial charge in [-0.15, -0.1) is 0 Å². The summed E-state index contributed by atoms with van der Waals surface area (Å²) in [5.41, 5.74) is 2.34. The number of amides is 2. The summed E-state index contributed by atoms with van der Waals surface area (Å²) in [5, 5.41) is 8.44. The minimum atomic E-state index is -0.326. The van der Waals surface area contributed by atoms with Crippen LogP contribution in [0.4, 0.5) is 5.69 Å². The van der Waals surface area contributed by atoms with Crippen molar-refractivity contribution in [2.45, 2.75) is 13.3 Å². The van der Waals surface area contributed by atoms with Gasteiger partial charge >= 0.3 is 0 Å². The Labute approximate surface area is 156 Å². The van der Waals surface area contributed by atoms with Gasteiger partial charge in [-0.25, -0.2) is 5.01 Å². The predicted molar refractivity (Wildman–Crippen MR) is 99.7 cm³/mol. The zero-order valence-electron chi connectivity index (χ0n) is 14.8. The summed E-state index contributed by atoms with van der Waals surface area (Å²) in [6.07, 6.45) is 0.559. The van der Waals surface area contributed by atoms with Gasteiger partial charge < -0.3 is 14.8 Å². The number of hydrazone groups is 1. The lowest BCUT2D eigenvalue weighted by molar-refractivity contribution is -0.138. The molecule has 2 aromatic rings. The summed E-state index contributed by atoms with van der Waals surface area (Å²) in [7, 11) is 0. The summed E-state index contributed by atoms with van der Waals surface area (Å²) in [4.78, 5) is 24.9. The Balaban J connectivity index is 1.48. The number of carbonyl (C=O) groups is 2. The largest absolute Gasteiger partial charge is 0.454 e. The first-order valence-electron chi connectivity index (χ1n) is 8.74. The molecule has 0 unspecified atom stereocenters. The molecule has 0 aliphatic carbocycles. The Hall–Kier alpha value is -3.35. The lowest BCUT2D eigenvalue weighted by Gasteiger charge is -2.27. The minimum Gasteiger partial charge on any atom is -0.454 e. The van der Waals surface area contributed by atoms with Gasteiger partial charge in [0.05, 0.1) is 5.71 Å². The number of carbonyl (C=O) groups excluding carboxylic acids is 2. The molecule has 1 N–H and O–H groups in total. The van der Waals surface area contributed by atoms with E-state index in [9.17, 15) is 9.59 Å². The first-order chi connectivity index (χ1) is 13.1. The molecule has 0 radical (unpaired) electrons. The highest BCUT2D eigenvalue weighted by Crippen LogP contribution is 2.34. The first kappa shape index (κ1) is 17.1. The molecule has 0 saturated carbocycles. The van der Waals surface area contributed by atoms with Crippen LogP contribution < -0.4 is 14.8 Å². The Morgan fingerprint density at radius 1 is 1.19 bits per heavy atom. The standard InChI is InChI=1S/C20H19N3O4/c1-13-9-16(14-5-3-2-4-6-14)22-23(20(13)25)11-19(24)21-15-7-8-17-18(10-15)27-12-26-17/h2-8,10,13H,9,11-12H2,1H3,(H,21,24)/t13-/m0/s1. The highest BCUT2D eigenvalue weighted by Gasteiger charge is 2.29. The van der Waals surface area contributed by atoms with Gasteiger partial charge in [0.1, 0.15) is 6.54 Å². The molecule has 2 heterocycles. The van der Waals surface area contributed by atoms with Crippen molar-refractivity contribution in [1.82, 2.24) is 5.01 Å².